The van der Waals surface area contributed by atoms with E-state index in [1.807, 2.05) is 0 Å². The summed E-state index contributed by atoms with van der Waals surface area (Å²) >= 11 is 0. The predicted molar refractivity (Wildman–Crippen MR) is 315 cm³/mol. The maximum Gasteiger partial charge on any atom is 0.0635 e. The van der Waals surface area contributed by atoms with Crippen molar-refractivity contribution < 1.29 is 0 Å². The second kappa shape index (κ2) is 17.4. The Hall–Kier alpha value is -8.86. The third-order valence-electron chi connectivity index (χ3n) is 15.2. The molecule has 3 heterocycles. The van der Waals surface area contributed by atoms with Gasteiger partial charge in [0.25, 0.3) is 0 Å². The molecular formula is C70H58N4. The largest absolute Gasteiger partial charge is 0.316 e. The highest BCUT2D eigenvalue weighted by molar-refractivity contribution is 6.18. The summed E-state index contributed by atoms with van der Waals surface area (Å²) in [5, 5.41) is 6.12. The Kier molecular flexibility index (Phi) is 10.6. The Morgan fingerprint density at radius 3 is 1.35 bits per heavy atom. The van der Waals surface area contributed by atoms with E-state index in [1.54, 1.807) is 0 Å². The van der Waals surface area contributed by atoms with Crippen molar-refractivity contribution in [3.8, 4) is 39.3 Å². The zero-order valence-corrected chi connectivity index (χ0v) is 42.9. The van der Waals surface area contributed by atoms with Crippen molar-refractivity contribution in [1.29, 1.82) is 0 Å². The van der Waals surface area contributed by atoms with Crippen molar-refractivity contribution >= 4 is 71.6 Å². The summed E-state index contributed by atoms with van der Waals surface area (Å²) < 4.78 is 7.24. The molecule has 0 aliphatic heterocycles. The van der Waals surface area contributed by atoms with E-state index in [1.165, 1.54) is 82.4 Å². The van der Waals surface area contributed by atoms with Crippen LogP contribution in [0.5, 0.6) is 0 Å². The summed E-state index contributed by atoms with van der Waals surface area (Å²) in [6, 6.07) is 87.4. The minimum atomic E-state index is 0.0306. The monoisotopic (exact) mass is 954 g/mol. The van der Waals surface area contributed by atoms with Crippen LogP contribution in [0.25, 0.3) is 93.8 Å². The highest BCUT2D eigenvalue weighted by atomic mass is 15.1. The summed E-state index contributed by atoms with van der Waals surface area (Å²) in [6.07, 6.45) is 2.24. The van der Waals surface area contributed by atoms with E-state index in [0.29, 0.717) is 0 Å². The van der Waals surface area contributed by atoms with Gasteiger partial charge in [-0.1, -0.05) is 169 Å². The molecule has 10 aromatic carbocycles. The molecule has 0 amide bonds. The zero-order chi connectivity index (χ0) is 50.3. The van der Waals surface area contributed by atoms with Crippen LogP contribution in [-0.4, -0.2) is 13.7 Å². The molecule has 13 rings (SSSR count). The van der Waals surface area contributed by atoms with Gasteiger partial charge in [-0.3, -0.25) is 0 Å². The minimum Gasteiger partial charge on any atom is -0.316 e. The van der Waals surface area contributed by atoms with Crippen LogP contribution < -0.4 is 4.90 Å². The van der Waals surface area contributed by atoms with Crippen LogP contribution in [-0.2, 0) is 10.8 Å². The zero-order valence-electron chi connectivity index (χ0n) is 42.9. The third kappa shape index (κ3) is 7.68. The van der Waals surface area contributed by atoms with Crippen LogP contribution in [0.1, 0.15) is 52.7 Å². The van der Waals surface area contributed by atoms with E-state index in [2.05, 4.69) is 303 Å². The number of nitrogens with zero attached hydrogens (tertiary/aromatic N) is 4. The van der Waals surface area contributed by atoms with Crippen molar-refractivity contribution in [3.05, 3.63) is 254 Å². The van der Waals surface area contributed by atoms with Gasteiger partial charge in [-0.25, -0.2) is 0 Å². The first kappa shape index (κ1) is 45.0. The van der Waals surface area contributed by atoms with Crippen LogP contribution in [0, 0.1) is 0 Å². The highest BCUT2D eigenvalue weighted by Gasteiger charge is 2.22. The van der Waals surface area contributed by atoms with Gasteiger partial charge in [0.05, 0.1) is 27.6 Å². The van der Waals surface area contributed by atoms with E-state index in [4.69, 9.17) is 0 Å². The van der Waals surface area contributed by atoms with Crippen LogP contribution >= 0.6 is 0 Å². The highest BCUT2D eigenvalue weighted by Crippen LogP contribution is 2.43. The lowest BCUT2D eigenvalue weighted by molar-refractivity contribution is 0.590. The number of hydrogen-bond donors (Lipinski definition) is 0. The molecule has 4 heteroatoms. The molecule has 0 radical (unpaired) electrons. The standard InChI is InChI=1S/C70H58N4/c1-69(2,3)51-25-29-53(30-26-51)72(57-37-39-67-63(46-57)60-22-14-15-23-65(60)73(67)55-31-27-52(28-32-55)70(4,5)6)54-33-35-56(36-34-54)74-66-24-16-13-21-59(66)61-38-40-64-62(68(61)74)41-42-71(64)58-44-49(47-17-9-7-10-18-47)43-50(45-58)48-19-11-8-12-20-48/h7-46H,1-6H3. The van der Waals surface area contributed by atoms with Crippen molar-refractivity contribution in [2.24, 2.45) is 0 Å². The smallest absolute Gasteiger partial charge is 0.0635 e. The van der Waals surface area contributed by atoms with Crippen molar-refractivity contribution in [1.82, 2.24) is 13.7 Å². The maximum absolute atomic E-state index is 2.47. The van der Waals surface area contributed by atoms with Gasteiger partial charge in [0, 0.05) is 67.3 Å². The molecule has 0 aliphatic carbocycles. The van der Waals surface area contributed by atoms with E-state index < -0.39 is 0 Å². The van der Waals surface area contributed by atoms with Crippen molar-refractivity contribution in [2.75, 3.05) is 4.90 Å². The molecule has 0 bridgehead atoms. The lowest BCUT2D eigenvalue weighted by atomic mass is 9.87. The minimum absolute atomic E-state index is 0.0306. The second-order valence-electron chi connectivity index (χ2n) is 21.9. The number of fused-ring (bicyclic) bond motifs is 8. The molecule has 0 unspecified atom stereocenters. The molecule has 358 valence electrons. The van der Waals surface area contributed by atoms with E-state index in [-0.39, 0.29) is 10.8 Å². The number of anilines is 3. The average Bonchev–Trinajstić information content (AvgIpc) is 4.13. The maximum atomic E-state index is 2.47. The van der Waals surface area contributed by atoms with Crippen LogP contribution in [0.2, 0.25) is 0 Å². The van der Waals surface area contributed by atoms with Crippen molar-refractivity contribution in [2.45, 2.75) is 52.4 Å². The predicted octanol–water partition coefficient (Wildman–Crippen LogP) is 19.2. The summed E-state index contributed by atoms with van der Waals surface area (Å²) in [6.45, 7) is 13.7. The molecule has 3 aromatic heterocycles. The van der Waals surface area contributed by atoms with Crippen molar-refractivity contribution in [3.63, 3.8) is 0 Å². The van der Waals surface area contributed by atoms with Gasteiger partial charge >= 0.3 is 0 Å². The van der Waals surface area contributed by atoms with Gasteiger partial charge in [0.15, 0.2) is 0 Å². The van der Waals surface area contributed by atoms with Crippen LogP contribution in [0.15, 0.2) is 243 Å². The van der Waals surface area contributed by atoms with Gasteiger partial charge in [-0.05, 0) is 153 Å². The lowest BCUT2D eigenvalue weighted by Crippen LogP contribution is -2.13. The Bertz CT molecular complexity index is 4160. The summed E-state index contributed by atoms with van der Waals surface area (Å²) in [7, 11) is 0. The molecule has 0 saturated carbocycles. The number of rotatable bonds is 8. The van der Waals surface area contributed by atoms with Gasteiger partial charge in [0.2, 0.25) is 0 Å². The Balaban J connectivity index is 0.952. The quantitative estimate of drug-likeness (QED) is 0.148. The fourth-order valence-corrected chi connectivity index (χ4v) is 11.3. The molecule has 74 heavy (non-hydrogen) atoms. The molecule has 0 saturated heterocycles. The topological polar surface area (TPSA) is 18.0 Å². The van der Waals surface area contributed by atoms with Gasteiger partial charge in [0.1, 0.15) is 0 Å². The fraction of sp³-hybridized carbons (Fsp3) is 0.114. The Labute approximate surface area is 433 Å². The molecule has 0 fully saturated rings. The fourth-order valence-electron chi connectivity index (χ4n) is 11.3. The van der Waals surface area contributed by atoms with Crippen LogP contribution in [0.3, 0.4) is 0 Å². The second-order valence-corrected chi connectivity index (χ2v) is 21.9. The SMILES string of the molecule is CC(C)(C)c1ccc(N(c2ccc(-n3c4ccccc4c4ccc5c(ccn5-c5cc(-c6ccccc6)cc(-c6ccccc6)c5)c43)cc2)c2ccc3c(c2)c2ccccc2n3-c2ccc(C(C)(C)C)cc2)cc1. The molecule has 0 aliphatic rings. The van der Waals surface area contributed by atoms with Crippen LogP contribution in [0.4, 0.5) is 17.1 Å². The summed E-state index contributed by atoms with van der Waals surface area (Å²) in [5.41, 5.74) is 20.1. The molecule has 13 aromatic rings. The number of aromatic nitrogens is 3. The van der Waals surface area contributed by atoms with E-state index >= 15 is 0 Å². The normalized spacial score (nSPS) is 12.2. The first-order chi connectivity index (χ1) is 36.0. The summed E-state index contributed by atoms with van der Waals surface area (Å²) in [4.78, 5) is 2.41. The average molecular weight is 955 g/mol. The molecule has 0 atom stereocenters. The Morgan fingerprint density at radius 2 is 0.757 bits per heavy atom. The molecule has 0 N–H and O–H groups in total. The third-order valence-corrected chi connectivity index (χ3v) is 15.2. The number of para-hydroxylation sites is 2. The first-order valence-corrected chi connectivity index (χ1v) is 25.9. The first-order valence-electron chi connectivity index (χ1n) is 25.9. The molecule has 0 spiro atoms. The lowest BCUT2D eigenvalue weighted by Gasteiger charge is -2.27. The Morgan fingerprint density at radius 1 is 0.297 bits per heavy atom. The van der Waals surface area contributed by atoms with Gasteiger partial charge in [-0.15, -0.1) is 0 Å². The van der Waals surface area contributed by atoms with E-state index in [9.17, 15) is 0 Å². The molecular weight excluding hydrogens is 897 g/mol. The number of benzene rings is 10. The van der Waals surface area contributed by atoms with Gasteiger partial charge < -0.3 is 18.6 Å². The van der Waals surface area contributed by atoms with Gasteiger partial charge in [-0.2, -0.15) is 0 Å². The molecule has 4 nitrogen and oxygen atoms in total. The summed E-state index contributed by atoms with van der Waals surface area (Å²) in [5.74, 6) is 0. The number of hydrogen-bond acceptors (Lipinski definition) is 1. The van der Waals surface area contributed by atoms with E-state index in [0.717, 1.165) is 39.6 Å².